The van der Waals surface area contributed by atoms with E-state index in [0.717, 1.165) is 21.5 Å². The summed E-state index contributed by atoms with van der Waals surface area (Å²) in [6.45, 7) is 6.16. The maximum Gasteiger partial charge on any atom is 0.271 e. The Bertz CT molecular complexity index is 1230. The summed E-state index contributed by atoms with van der Waals surface area (Å²) in [5.74, 6) is -1.69. The molecule has 0 aromatic heterocycles. The molecule has 12 heteroatoms. The van der Waals surface area contributed by atoms with Gasteiger partial charge in [0.05, 0.1) is 16.9 Å². The van der Waals surface area contributed by atoms with Crippen molar-refractivity contribution >= 4 is 33.2 Å². The highest BCUT2D eigenvalue weighted by Gasteiger charge is 2.31. The van der Waals surface area contributed by atoms with Gasteiger partial charge in [0.1, 0.15) is 18.4 Å². The van der Waals surface area contributed by atoms with Crippen LogP contribution in [0.25, 0.3) is 0 Å². The minimum atomic E-state index is -4.07. The third-order valence-electron chi connectivity index (χ3n) is 5.50. The van der Waals surface area contributed by atoms with Gasteiger partial charge in [-0.15, -0.1) is 0 Å². The van der Waals surface area contributed by atoms with Gasteiger partial charge in [-0.1, -0.05) is 38.1 Å². The molecule has 0 radical (unpaired) electrons. The van der Waals surface area contributed by atoms with E-state index in [9.17, 15) is 32.5 Å². The zero-order valence-electron chi connectivity index (χ0n) is 20.9. The van der Waals surface area contributed by atoms with Gasteiger partial charge < -0.3 is 10.2 Å². The fourth-order valence-corrected chi connectivity index (χ4v) is 4.32. The molecule has 1 N–H and O–H groups in total. The van der Waals surface area contributed by atoms with Crippen molar-refractivity contribution in [3.8, 4) is 0 Å². The number of hydrogen-bond acceptors (Lipinski definition) is 6. The lowest BCUT2D eigenvalue weighted by molar-refractivity contribution is -0.384. The first-order valence-corrected chi connectivity index (χ1v) is 13.1. The van der Waals surface area contributed by atoms with Crippen LogP contribution in [-0.2, 0) is 26.2 Å². The van der Waals surface area contributed by atoms with Crippen molar-refractivity contribution in [3.05, 3.63) is 69.5 Å². The Balaban J connectivity index is 2.47. The van der Waals surface area contributed by atoms with E-state index >= 15 is 0 Å². The Kier molecular flexibility index (Phi) is 9.51. The molecule has 0 saturated carbocycles. The largest absolute Gasteiger partial charge is 0.354 e. The lowest BCUT2D eigenvalue weighted by Crippen LogP contribution is -2.51. The minimum absolute atomic E-state index is 0.0391. The monoisotopic (exact) mass is 522 g/mol. The minimum Gasteiger partial charge on any atom is -0.354 e. The molecule has 2 rings (SSSR count). The summed E-state index contributed by atoms with van der Waals surface area (Å²) < 4.78 is 40.5. The average molecular weight is 523 g/mol. The van der Waals surface area contributed by atoms with Crippen molar-refractivity contribution < 1.29 is 27.3 Å². The smallest absolute Gasteiger partial charge is 0.271 e. The van der Waals surface area contributed by atoms with Crippen LogP contribution < -0.4 is 9.62 Å². The van der Waals surface area contributed by atoms with Crippen LogP contribution in [-0.4, -0.2) is 55.4 Å². The second-order valence-corrected chi connectivity index (χ2v) is 10.8. The van der Waals surface area contributed by atoms with Gasteiger partial charge in [-0.3, -0.25) is 24.0 Å². The highest BCUT2D eigenvalue weighted by molar-refractivity contribution is 7.92. The molecule has 1 unspecified atom stereocenters. The number of amides is 2. The molecule has 0 heterocycles. The number of non-ortho nitro benzene ring substituents is 1. The number of carbonyl (C=O) groups excluding carboxylic acids is 2. The molecule has 0 bridgehead atoms. The summed E-state index contributed by atoms with van der Waals surface area (Å²) in [4.78, 5) is 38.0. The number of sulfonamides is 1. The van der Waals surface area contributed by atoms with E-state index in [-0.39, 0.29) is 29.4 Å². The fraction of sp³-hybridized carbons (Fsp3) is 0.417. The summed E-state index contributed by atoms with van der Waals surface area (Å²) in [7, 11) is -4.07. The molecule has 0 aliphatic heterocycles. The van der Waals surface area contributed by atoms with Crippen molar-refractivity contribution in [1.29, 1.82) is 0 Å². The van der Waals surface area contributed by atoms with E-state index in [4.69, 9.17) is 0 Å². The van der Waals surface area contributed by atoms with E-state index in [1.54, 1.807) is 13.0 Å². The summed E-state index contributed by atoms with van der Waals surface area (Å²) in [5.41, 5.74) is 0.151. The van der Waals surface area contributed by atoms with Gasteiger partial charge in [0.15, 0.2) is 0 Å². The van der Waals surface area contributed by atoms with Crippen molar-refractivity contribution in [3.63, 3.8) is 0 Å². The zero-order chi connectivity index (χ0) is 27.2. The Morgan fingerprint density at radius 3 is 2.33 bits per heavy atom. The van der Waals surface area contributed by atoms with Crippen LogP contribution in [0.1, 0.15) is 31.9 Å². The van der Waals surface area contributed by atoms with Crippen molar-refractivity contribution in [2.75, 3.05) is 23.7 Å². The third-order valence-corrected chi connectivity index (χ3v) is 6.63. The molecule has 1 atom stereocenters. The quantitative estimate of drug-likeness (QED) is 0.357. The Labute approximate surface area is 210 Å². The van der Waals surface area contributed by atoms with Gasteiger partial charge in [-0.05, 0) is 31.4 Å². The van der Waals surface area contributed by atoms with Gasteiger partial charge in [0.2, 0.25) is 21.8 Å². The molecule has 36 heavy (non-hydrogen) atoms. The number of halogens is 1. The molecule has 0 aliphatic rings. The van der Waals surface area contributed by atoms with E-state index < -0.39 is 45.2 Å². The van der Waals surface area contributed by atoms with Crippen LogP contribution in [0.4, 0.5) is 15.8 Å². The Hall–Kier alpha value is -3.54. The summed E-state index contributed by atoms with van der Waals surface area (Å²) in [6.07, 6.45) is 0.874. The predicted molar refractivity (Wildman–Crippen MR) is 134 cm³/mol. The molecule has 196 valence electrons. The molecular weight excluding hydrogens is 491 g/mol. The van der Waals surface area contributed by atoms with Crippen LogP contribution >= 0.6 is 0 Å². The van der Waals surface area contributed by atoms with Crippen molar-refractivity contribution in [2.45, 2.75) is 40.3 Å². The molecule has 0 saturated heterocycles. The van der Waals surface area contributed by atoms with Gasteiger partial charge in [-0.25, -0.2) is 12.8 Å². The van der Waals surface area contributed by atoms with Crippen LogP contribution in [0.5, 0.6) is 0 Å². The molecule has 0 spiro atoms. The number of hydrogen-bond donors (Lipinski definition) is 1. The van der Waals surface area contributed by atoms with E-state index in [1.807, 2.05) is 13.8 Å². The first-order chi connectivity index (χ1) is 16.7. The first kappa shape index (κ1) is 28.7. The maximum absolute atomic E-state index is 14.4. The third kappa shape index (κ3) is 7.48. The average Bonchev–Trinajstić information content (AvgIpc) is 2.79. The normalized spacial score (nSPS) is 12.2. The highest BCUT2D eigenvalue weighted by Crippen LogP contribution is 2.28. The SMILES string of the molecule is Cc1ccc([N+](=O)[O-])cc1N(CC(=O)N(Cc1ccccc1F)C(C)C(=O)NCC(C)C)S(C)(=O)=O. The second kappa shape index (κ2) is 11.9. The van der Waals surface area contributed by atoms with E-state index in [1.165, 1.54) is 37.3 Å². The Morgan fingerprint density at radius 2 is 1.78 bits per heavy atom. The maximum atomic E-state index is 14.4. The van der Waals surface area contributed by atoms with Crippen molar-refractivity contribution in [1.82, 2.24) is 10.2 Å². The standard InChI is InChI=1S/C24H31FN4O6S/c1-16(2)13-26-24(31)18(4)27(14-19-8-6-7-9-21(19)25)23(30)15-28(36(5,34)35)22-12-20(29(32)33)11-10-17(22)3/h6-12,16,18H,13-15H2,1-5H3,(H,26,31). The van der Waals surface area contributed by atoms with Crippen LogP contribution in [0.3, 0.4) is 0 Å². The number of nitrogens with zero attached hydrogens (tertiary/aromatic N) is 3. The summed E-state index contributed by atoms with van der Waals surface area (Å²) in [6, 6.07) is 8.39. The van der Waals surface area contributed by atoms with Gasteiger partial charge in [-0.2, -0.15) is 0 Å². The number of anilines is 1. The topological polar surface area (TPSA) is 130 Å². The number of aryl methyl sites for hydroxylation is 1. The molecule has 2 aromatic rings. The molecule has 2 aromatic carbocycles. The van der Waals surface area contributed by atoms with Gasteiger partial charge in [0.25, 0.3) is 5.69 Å². The number of rotatable bonds is 11. The molecule has 0 aliphatic carbocycles. The van der Waals surface area contributed by atoms with E-state index in [0.29, 0.717) is 12.1 Å². The molecular formula is C24H31FN4O6S. The molecule has 10 nitrogen and oxygen atoms in total. The number of nitrogens with one attached hydrogen (secondary N) is 1. The van der Waals surface area contributed by atoms with Crippen LogP contribution in [0, 0.1) is 28.8 Å². The van der Waals surface area contributed by atoms with Crippen LogP contribution in [0.15, 0.2) is 42.5 Å². The van der Waals surface area contributed by atoms with Crippen molar-refractivity contribution in [2.24, 2.45) is 5.92 Å². The Morgan fingerprint density at radius 1 is 1.14 bits per heavy atom. The van der Waals surface area contributed by atoms with Crippen LogP contribution in [0.2, 0.25) is 0 Å². The molecule has 0 fully saturated rings. The predicted octanol–water partition coefficient (Wildman–Crippen LogP) is 3.00. The highest BCUT2D eigenvalue weighted by atomic mass is 32.2. The summed E-state index contributed by atoms with van der Waals surface area (Å²) in [5, 5.41) is 14.0. The van der Waals surface area contributed by atoms with Gasteiger partial charge in [0, 0.05) is 30.8 Å². The second-order valence-electron chi connectivity index (χ2n) is 8.93. The summed E-state index contributed by atoms with van der Waals surface area (Å²) >= 11 is 0. The number of nitro benzene ring substituents is 1. The van der Waals surface area contributed by atoms with Gasteiger partial charge >= 0.3 is 0 Å². The number of carbonyl (C=O) groups is 2. The fourth-order valence-electron chi connectivity index (χ4n) is 3.42. The lowest BCUT2D eigenvalue weighted by Gasteiger charge is -2.32. The molecule has 2 amide bonds. The first-order valence-electron chi connectivity index (χ1n) is 11.3. The lowest BCUT2D eigenvalue weighted by atomic mass is 10.1. The number of benzene rings is 2. The number of nitro groups is 1. The zero-order valence-corrected chi connectivity index (χ0v) is 21.7. The van der Waals surface area contributed by atoms with E-state index in [2.05, 4.69) is 5.32 Å².